The lowest BCUT2D eigenvalue weighted by Gasteiger charge is -2.49. The smallest absolute Gasteiger partial charge is 0.119 e. The highest BCUT2D eigenvalue weighted by molar-refractivity contribution is 8.01. The lowest BCUT2D eigenvalue weighted by atomic mass is 9.55. The van der Waals surface area contributed by atoms with Gasteiger partial charge in [0.2, 0.25) is 0 Å². The standard InChI is InChI=1S/C22H30OS.C2H6/c1-4-14-11-19-15(12-21(14)23)5-7-18-17(19)9-10-22(2)16(13-24-3)6-8-20(18)22;1-2/h11-13,17-18,20,23H,4-10H2,1-3H3;1-2H3/b16-13-;. The SMILES string of the molecule is CC.CCc1cc2c(cc1O)CCC1C2CCC2(C)/C(=C\SC)CCC12. The Balaban J connectivity index is 0.000000948. The van der Waals surface area contributed by atoms with Crippen molar-refractivity contribution < 1.29 is 5.11 Å². The van der Waals surface area contributed by atoms with E-state index in [1.165, 1.54) is 37.7 Å². The highest BCUT2D eigenvalue weighted by Gasteiger charge is 2.52. The van der Waals surface area contributed by atoms with Crippen LogP contribution in [0.4, 0.5) is 0 Å². The van der Waals surface area contributed by atoms with Crippen LogP contribution in [0.5, 0.6) is 5.75 Å². The fourth-order valence-electron chi connectivity index (χ4n) is 6.12. The number of phenolic OH excluding ortho intramolecular Hbond substituents is 1. The van der Waals surface area contributed by atoms with Crippen LogP contribution in [-0.2, 0) is 12.8 Å². The first kappa shape index (κ1) is 19.9. The summed E-state index contributed by atoms with van der Waals surface area (Å²) in [6, 6.07) is 4.42. The zero-order valence-electron chi connectivity index (χ0n) is 17.3. The van der Waals surface area contributed by atoms with Gasteiger partial charge < -0.3 is 5.11 Å². The Morgan fingerprint density at radius 1 is 1.19 bits per heavy atom. The number of allylic oxidation sites excluding steroid dienone is 1. The molecule has 4 atom stereocenters. The molecule has 0 bridgehead atoms. The maximum absolute atomic E-state index is 10.2. The highest BCUT2D eigenvalue weighted by atomic mass is 32.2. The number of hydrogen-bond donors (Lipinski definition) is 1. The molecule has 3 aliphatic carbocycles. The van der Waals surface area contributed by atoms with Gasteiger partial charge in [0.15, 0.2) is 0 Å². The molecule has 0 saturated heterocycles. The molecule has 1 aromatic carbocycles. The van der Waals surface area contributed by atoms with Crippen LogP contribution >= 0.6 is 11.8 Å². The van der Waals surface area contributed by atoms with Gasteiger partial charge in [0.25, 0.3) is 0 Å². The molecule has 144 valence electrons. The predicted octanol–water partition coefficient (Wildman–Crippen LogP) is 7.08. The van der Waals surface area contributed by atoms with Crippen LogP contribution in [0.15, 0.2) is 23.1 Å². The number of fused-ring (bicyclic) bond motifs is 5. The zero-order valence-corrected chi connectivity index (χ0v) is 18.1. The van der Waals surface area contributed by atoms with E-state index in [1.54, 1.807) is 11.1 Å². The molecular weight excluding hydrogens is 336 g/mol. The minimum Gasteiger partial charge on any atom is -0.508 e. The van der Waals surface area contributed by atoms with E-state index >= 15 is 0 Å². The van der Waals surface area contributed by atoms with Crippen molar-refractivity contribution in [1.29, 1.82) is 0 Å². The van der Waals surface area contributed by atoms with Gasteiger partial charge in [-0.25, -0.2) is 0 Å². The lowest BCUT2D eigenvalue weighted by Crippen LogP contribution is -2.40. The number of hydrogen-bond acceptors (Lipinski definition) is 2. The summed E-state index contributed by atoms with van der Waals surface area (Å²) in [7, 11) is 0. The first-order valence-electron chi connectivity index (χ1n) is 10.7. The largest absolute Gasteiger partial charge is 0.508 e. The predicted molar refractivity (Wildman–Crippen MR) is 115 cm³/mol. The van der Waals surface area contributed by atoms with E-state index in [1.807, 2.05) is 25.6 Å². The molecule has 3 aliphatic rings. The molecule has 0 aliphatic heterocycles. The van der Waals surface area contributed by atoms with Crippen LogP contribution in [0.2, 0.25) is 0 Å². The molecule has 1 nitrogen and oxygen atoms in total. The monoisotopic (exact) mass is 372 g/mol. The summed E-state index contributed by atoms with van der Waals surface area (Å²) in [5, 5.41) is 12.7. The van der Waals surface area contributed by atoms with Crippen molar-refractivity contribution in [3.63, 3.8) is 0 Å². The number of aromatic hydroxyl groups is 1. The average Bonchev–Trinajstić information content (AvgIpc) is 2.99. The second kappa shape index (κ2) is 8.00. The third-order valence-corrected chi connectivity index (χ3v) is 7.93. The van der Waals surface area contributed by atoms with Crippen molar-refractivity contribution in [2.75, 3.05) is 6.26 Å². The summed E-state index contributed by atoms with van der Waals surface area (Å²) in [4.78, 5) is 0. The number of rotatable bonds is 2. The zero-order chi connectivity index (χ0) is 18.9. The maximum Gasteiger partial charge on any atom is 0.119 e. The molecule has 4 unspecified atom stereocenters. The van der Waals surface area contributed by atoms with E-state index in [9.17, 15) is 5.11 Å². The molecule has 1 aromatic rings. The Bertz CT molecular complexity index is 677. The molecular formula is C24H36OS. The molecule has 0 heterocycles. The first-order chi connectivity index (χ1) is 12.6. The normalized spacial score (nSPS) is 33.7. The van der Waals surface area contributed by atoms with E-state index in [0.29, 0.717) is 11.2 Å². The Morgan fingerprint density at radius 3 is 2.65 bits per heavy atom. The van der Waals surface area contributed by atoms with Crippen LogP contribution < -0.4 is 0 Å². The van der Waals surface area contributed by atoms with Gasteiger partial charge in [-0.2, -0.15) is 0 Å². The Hall–Kier alpha value is -0.890. The first-order valence-corrected chi connectivity index (χ1v) is 11.9. The molecule has 0 spiro atoms. The minimum absolute atomic E-state index is 0.451. The number of aryl methyl sites for hydroxylation is 2. The van der Waals surface area contributed by atoms with Crippen LogP contribution in [0, 0.1) is 17.3 Å². The molecule has 4 rings (SSSR count). The Kier molecular flexibility index (Phi) is 6.11. The lowest BCUT2D eigenvalue weighted by molar-refractivity contribution is 0.0815. The van der Waals surface area contributed by atoms with Gasteiger partial charge in [-0.05, 0) is 103 Å². The van der Waals surface area contributed by atoms with Crippen LogP contribution in [-0.4, -0.2) is 11.4 Å². The van der Waals surface area contributed by atoms with E-state index in [-0.39, 0.29) is 0 Å². The van der Waals surface area contributed by atoms with Gasteiger partial charge in [-0.15, -0.1) is 11.8 Å². The van der Waals surface area contributed by atoms with Crippen LogP contribution in [0.25, 0.3) is 0 Å². The molecule has 2 saturated carbocycles. The topological polar surface area (TPSA) is 20.2 Å². The third-order valence-electron chi connectivity index (χ3n) is 7.41. The van der Waals surface area contributed by atoms with Gasteiger partial charge in [0.05, 0.1) is 0 Å². The van der Waals surface area contributed by atoms with Gasteiger partial charge in [0, 0.05) is 0 Å². The molecule has 2 fully saturated rings. The summed E-state index contributed by atoms with van der Waals surface area (Å²) >= 11 is 1.89. The molecule has 2 heteroatoms. The van der Waals surface area contributed by atoms with E-state index < -0.39 is 0 Å². The van der Waals surface area contributed by atoms with Gasteiger partial charge >= 0.3 is 0 Å². The van der Waals surface area contributed by atoms with E-state index in [0.717, 1.165) is 36.2 Å². The number of thioether (sulfide) groups is 1. The molecule has 1 N–H and O–H groups in total. The van der Waals surface area contributed by atoms with Crippen molar-refractivity contribution in [1.82, 2.24) is 0 Å². The second-order valence-electron chi connectivity index (χ2n) is 8.32. The number of phenols is 1. The third kappa shape index (κ3) is 3.13. The number of benzene rings is 1. The molecule has 0 aromatic heterocycles. The van der Waals surface area contributed by atoms with Crippen LogP contribution in [0.1, 0.15) is 82.4 Å². The summed E-state index contributed by atoms with van der Waals surface area (Å²) < 4.78 is 0. The molecule has 26 heavy (non-hydrogen) atoms. The van der Waals surface area contributed by atoms with Gasteiger partial charge in [-0.1, -0.05) is 39.3 Å². The minimum atomic E-state index is 0.451. The quantitative estimate of drug-likeness (QED) is 0.598. The van der Waals surface area contributed by atoms with Crippen molar-refractivity contribution in [2.45, 2.75) is 78.6 Å². The fraction of sp³-hybridized carbons (Fsp3) is 0.667. The highest BCUT2D eigenvalue weighted by Crippen LogP contribution is 2.63. The Labute approximate surface area is 164 Å². The Morgan fingerprint density at radius 2 is 1.96 bits per heavy atom. The summed E-state index contributed by atoms with van der Waals surface area (Å²) in [5.41, 5.74) is 6.31. The van der Waals surface area contributed by atoms with E-state index in [4.69, 9.17) is 0 Å². The van der Waals surface area contributed by atoms with Crippen LogP contribution in [0.3, 0.4) is 0 Å². The molecule has 0 amide bonds. The maximum atomic E-state index is 10.2. The fourth-order valence-corrected chi connectivity index (χ4v) is 6.79. The summed E-state index contributed by atoms with van der Waals surface area (Å²) in [6.45, 7) is 8.70. The van der Waals surface area contributed by atoms with Crippen molar-refractivity contribution in [3.05, 3.63) is 39.8 Å². The second-order valence-corrected chi connectivity index (χ2v) is 9.03. The van der Waals surface area contributed by atoms with Crippen molar-refractivity contribution in [3.8, 4) is 5.75 Å². The average molecular weight is 373 g/mol. The summed E-state index contributed by atoms with van der Waals surface area (Å²) in [5.74, 6) is 2.95. The van der Waals surface area contributed by atoms with Gasteiger partial charge in [0.1, 0.15) is 5.75 Å². The van der Waals surface area contributed by atoms with E-state index in [2.05, 4.69) is 37.6 Å². The van der Waals surface area contributed by atoms with Gasteiger partial charge in [-0.3, -0.25) is 0 Å². The molecule has 0 radical (unpaired) electrons. The van der Waals surface area contributed by atoms with Crippen molar-refractivity contribution >= 4 is 11.8 Å². The summed E-state index contributed by atoms with van der Waals surface area (Å²) in [6.07, 6.45) is 11.0. The van der Waals surface area contributed by atoms with Crippen molar-refractivity contribution in [2.24, 2.45) is 17.3 Å².